The zero-order chi connectivity index (χ0) is 16.4. The number of halogens is 2. The van der Waals surface area contributed by atoms with Gasteiger partial charge in [0.15, 0.2) is 11.5 Å². The summed E-state index contributed by atoms with van der Waals surface area (Å²) in [4.78, 5) is 5.17. The first-order valence-electron chi connectivity index (χ1n) is 9.05. The second-order valence-corrected chi connectivity index (χ2v) is 7.33. The van der Waals surface area contributed by atoms with E-state index in [9.17, 15) is 0 Å². The van der Waals surface area contributed by atoms with Crippen molar-refractivity contribution in [2.24, 2.45) is 0 Å². The van der Waals surface area contributed by atoms with Crippen molar-refractivity contribution in [3.63, 3.8) is 0 Å². The number of hydrogen-bond donors (Lipinski definition) is 1. The zero-order valence-corrected chi connectivity index (χ0v) is 16.1. The Balaban J connectivity index is 0.00000182. The van der Waals surface area contributed by atoms with Gasteiger partial charge < -0.3 is 14.8 Å². The van der Waals surface area contributed by atoms with Gasteiger partial charge in [0.1, 0.15) is 0 Å². The largest absolute Gasteiger partial charge is 0.489 e. The summed E-state index contributed by atoms with van der Waals surface area (Å²) in [6.45, 7) is 9.18. The molecule has 140 valence electrons. The van der Waals surface area contributed by atoms with E-state index in [-0.39, 0.29) is 12.4 Å². The van der Waals surface area contributed by atoms with E-state index < -0.39 is 0 Å². The van der Waals surface area contributed by atoms with Crippen LogP contribution in [-0.2, 0) is 6.54 Å². The summed E-state index contributed by atoms with van der Waals surface area (Å²) in [5.41, 5.74) is 1.21. The highest BCUT2D eigenvalue weighted by molar-refractivity contribution is 6.32. The molecule has 0 spiro atoms. The van der Waals surface area contributed by atoms with Crippen LogP contribution in [0.1, 0.15) is 18.4 Å². The topological polar surface area (TPSA) is 37.0 Å². The van der Waals surface area contributed by atoms with Gasteiger partial charge in [0.25, 0.3) is 0 Å². The van der Waals surface area contributed by atoms with E-state index >= 15 is 0 Å². The molecular weight excluding hydrogens is 361 g/mol. The van der Waals surface area contributed by atoms with Gasteiger partial charge in [0.05, 0.1) is 18.2 Å². The van der Waals surface area contributed by atoms with E-state index in [1.165, 1.54) is 25.1 Å². The molecule has 0 bridgehead atoms. The van der Waals surface area contributed by atoms with Crippen LogP contribution in [0.3, 0.4) is 0 Å². The predicted octanol–water partition coefficient (Wildman–Crippen LogP) is 2.40. The number of likely N-dealkylation sites (tertiary alicyclic amines) is 1. The Morgan fingerprint density at radius 2 is 1.92 bits per heavy atom. The van der Waals surface area contributed by atoms with Crippen LogP contribution >= 0.6 is 24.0 Å². The second-order valence-electron chi connectivity index (χ2n) is 6.92. The van der Waals surface area contributed by atoms with E-state index in [4.69, 9.17) is 21.1 Å². The molecule has 25 heavy (non-hydrogen) atoms. The van der Waals surface area contributed by atoms with Gasteiger partial charge in [0.2, 0.25) is 0 Å². The zero-order valence-electron chi connectivity index (χ0n) is 14.5. The summed E-state index contributed by atoms with van der Waals surface area (Å²) in [5, 5.41) is 4.10. The molecule has 3 aliphatic rings. The monoisotopic (exact) mass is 387 g/mol. The van der Waals surface area contributed by atoms with Crippen LogP contribution in [0.4, 0.5) is 0 Å². The number of nitrogens with zero attached hydrogens (tertiary/aromatic N) is 2. The van der Waals surface area contributed by atoms with Gasteiger partial charge in [-0.1, -0.05) is 11.6 Å². The minimum atomic E-state index is 0. The number of nitrogens with one attached hydrogen (secondary N) is 1. The molecule has 1 aromatic carbocycles. The molecule has 7 heteroatoms. The van der Waals surface area contributed by atoms with Crippen LogP contribution in [0.5, 0.6) is 11.5 Å². The van der Waals surface area contributed by atoms with Crippen molar-refractivity contribution in [2.45, 2.75) is 25.4 Å². The molecule has 1 aromatic rings. The highest BCUT2D eigenvalue weighted by Crippen LogP contribution is 2.38. The van der Waals surface area contributed by atoms with Gasteiger partial charge in [-0.25, -0.2) is 0 Å². The normalized spacial score (nSPS) is 24.6. The summed E-state index contributed by atoms with van der Waals surface area (Å²) >= 11 is 6.42. The third kappa shape index (κ3) is 4.52. The Bertz CT molecular complexity index is 582. The fourth-order valence-corrected chi connectivity index (χ4v) is 4.22. The quantitative estimate of drug-likeness (QED) is 0.861. The van der Waals surface area contributed by atoms with Crippen LogP contribution in [0.15, 0.2) is 12.1 Å². The molecule has 0 saturated carbocycles. The first-order valence-corrected chi connectivity index (χ1v) is 9.42. The van der Waals surface area contributed by atoms with Gasteiger partial charge in [-0.05, 0) is 24.1 Å². The molecule has 3 heterocycles. The van der Waals surface area contributed by atoms with Crippen molar-refractivity contribution in [3.05, 3.63) is 22.7 Å². The third-order valence-corrected chi connectivity index (χ3v) is 5.46. The Labute approximate surface area is 161 Å². The van der Waals surface area contributed by atoms with Crippen LogP contribution in [0.2, 0.25) is 5.02 Å². The number of hydrogen-bond acceptors (Lipinski definition) is 5. The van der Waals surface area contributed by atoms with Crippen molar-refractivity contribution in [2.75, 3.05) is 52.5 Å². The third-order valence-electron chi connectivity index (χ3n) is 5.18. The summed E-state index contributed by atoms with van der Waals surface area (Å²) in [7, 11) is 0. The minimum absolute atomic E-state index is 0. The van der Waals surface area contributed by atoms with Gasteiger partial charge in [0, 0.05) is 58.3 Å². The average molecular weight is 388 g/mol. The van der Waals surface area contributed by atoms with E-state index in [0.29, 0.717) is 30.0 Å². The fourth-order valence-electron chi connectivity index (χ4n) is 3.93. The number of fused-ring (bicyclic) bond motifs is 1. The molecular formula is C18H27Cl2N3O2. The summed E-state index contributed by atoms with van der Waals surface area (Å²) in [5.74, 6) is 1.51. The summed E-state index contributed by atoms with van der Waals surface area (Å²) in [6, 6.07) is 4.83. The highest BCUT2D eigenvalue weighted by Gasteiger charge is 2.28. The molecule has 1 N–H and O–H groups in total. The molecule has 2 saturated heterocycles. The van der Waals surface area contributed by atoms with Gasteiger partial charge in [-0.15, -0.1) is 12.4 Å². The molecule has 2 fully saturated rings. The van der Waals surface area contributed by atoms with E-state index in [1.807, 2.05) is 6.07 Å². The van der Waals surface area contributed by atoms with Crippen molar-refractivity contribution < 1.29 is 9.47 Å². The van der Waals surface area contributed by atoms with Crippen LogP contribution in [-0.4, -0.2) is 68.3 Å². The molecule has 0 aromatic heterocycles. The van der Waals surface area contributed by atoms with Crippen molar-refractivity contribution in [1.29, 1.82) is 0 Å². The van der Waals surface area contributed by atoms with Crippen LogP contribution in [0.25, 0.3) is 0 Å². The minimum Gasteiger partial charge on any atom is -0.489 e. The van der Waals surface area contributed by atoms with Crippen molar-refractivity contribution in [1.82, 2.24) is 15.1 Å². The molecule has 0 radical (unpaired) electrons. The molecule has 1 unspecified atom stereocenters. The lowest BCUT2D eigenvalue weighted by Gasteiger charge is -2.32. The Morgan fingerprint density at radius 3 is 2.76 bits per heavy atom. The molecule has 0 amide bonds. The fraction of sp³-hybridized carbons (Fsp3) is 0.667. The Kier molecular flexibility index (Phi) is 6.69. The second kappa shape index (κ2) is 8.78. The lowest BCUT2D eigenvalue weighted by molar-refractivity contribution is 0.170. The van der Waals surface area contributed by atoms with Crippen LogP contribution in [0, 0.1) is 0 Å². The Hall–Kier alpha value is -0.720. The molecule has 3 aliphatic heterocycles. The molecule has 0 aliphatic carbocycles. The molecule has 1 atom stereocenters. The lowest BCUT2D eigenvalue weighted by Crippen LogP contribution is -2.49. The van der Waals surface area contributed by atoms with Crippen molar-refractivity contribution >= 4 is 24.0 Å². The van der Waals surface area contributed by atoms with Crippen LogP contribution < -0.4 is 14.8 Å². The maximum Gasteiger partial charge on any atom is 0.179 e. The molecule has 5 nitrogen and oxygen atoms in total. The standard InChI is InChI=1S/C18H26ClN3O2.ClH/c19-16-10-14(11-17-18(16)24-9-1-8-23-17)12-21-5-2-15(13-21)22-6-3-20-4-7-22;/h10-11,15,20H,1-9,12-13H2;1H. The van der Waals surface area contributed by atoms with Gasteiger partial charge in [-0.3, -0.25) is 9.80 Å². The summed E-state index contributed by atoms with van der Waals surface area (Å²) in [6.07, 6.45) is 2.16. The highest BCUT2D eigenvalue weighted by atomic mass is 35.5. The number of piperazine rings is 1. The SMILES string of the molecule is Cl.Clc1cc(CN2CCC(N3CCNCC3)C2)cc2c1OCCCO2. The van der Waals surface area contributed by atoms with Crippen molar-refractivity contribution in [3.8, 4) is 11.5 Å². The van der Waals surface area contributed by atoms with E-state index in [0.717, 1.165) is 44.9 Å². The average Bonchev–Trinajstić information content (AvgIpc) is 2.92. The predicted molar refractivity (Wildman–Crippen MR) is 102 cm³/mol. The maximum atomic E-state index is 6.42. The Morgan fingerprint density at radius 1 is 1.12 bits per heavy atom. The van der Waals surface area contributed by atoms with Gasteiger partial charge in [-0.2, -0.15) is 0 Å². The first-order chi connectivity index (χ1) is 11.8. The number of rotatable bonds is 3. The lowest BCUT2D eigenvalue weighted by atomic mass is 10.2. The molecule has 4 rings (SSSR count). The van der Waals surface area contributed by atoms with E-state index in [1.54, 1.807) is 0 Å². The maximum absolute atomic E-state index is 6.42. The first kappa shape index (κ1) is 19.1. The van der Waals surface area contributed by atoms with Gasteiger partial charge >= 0.3 is 0 Å². The number of benzene rings is 1. The summed E-state index contributed by atoms with van der Waals surface area (Å²) < 4.78 is 11.5. The number of ether oxygens (including phenoxy) is 2. The van der Waals surface area contributed by atoms with E-state index in [2.05, 4.69) is 21.2 Å². The smallest absolute Gasteiger partial charge is 0.179 e.